The molecule has 3 aromatic rings. The molecule has 4 rings (SSSR count). The number of hydrazone groups is 1. The van der Waals surface area contributed by atoms with Crippen molar-refractivity contribution in [1.82, 2.24) is 0 Å². The Kier molecular flexibility index (Phi) is 8.08. The van der Waals surface area contributed by atoms with Crippen LogP contribution in [0.3, 0.4) is 0 Å². The van der Waals surface area contributed by atoms with Crippen molar-refractivity contribution in [1.29, 1.82) is 0 Å². The molecule has 2 amide bonds. The lowest BCUT2D eigenvalue weighted by Crippen LogP contribution is -2.21. The van der Waals surface area contributed by atoms with Crippen LogP contribution in [0.15, 0.2) is 77.4 Å². The van der Waals surface area contributed by atoms with Crippen LogP contribution in [0.2, 0.25) is 5.02 Å². The van der Waals surface area contributed by atoms with Crippen LogP contribution in [0, 0.1) is 0 Å². The van der Waals surface area contributed by atoms with Crippen LogP contribution in [0.25, 0.3) is 6.08 Å². The highest BCUT2D eigenvalue weighted by molar-refractivity contribution is 6.33. The van der Waals surface area contributed by atoms with Gasteiger partial charge in [-0.25, -0.2) is 4.79 Å². The average molecular weight is 534 g/mol. The number of benzene rings is 3. The second kappa shape index (κ2) is 11.6. The summed E-state index contributed by atoms with van der Waals surface area (Å²) in [6, 6.07) is 18.0. The van der Waals surface area contributed by atoms with Gasteiger partial charge >= 0.3 is 5.97 Å². The maximum Gasteiger partial charge on any atom is 0.335 e. The first-order chi connectivity index (χ1) is 18.3. The van der Waals surface area contributed by atoms with Gasteiger partial charge in [-0.1, -0.05) is 35.9 Å². The minimum absolute atomic E-state index is 0.0538. The SMILES string of the molecule is CCOc1cc(C=C2C(=O)N(c3cccc(C(=O)O)c3)N=C2C)ccc1OCC(=O)Nc1ccccc1Cl. The highest BCUT2D eigenvalue weighted by Crippen LogP contribution is 2.31. The summed E-state index contributed by atoms with van der Waals surface area (Å²) in [6.45, 7) is 3.61. The first-order valence-corrected chi connectivity index (χ1v) is 12.0. The van der Waals surface area contributed by atoms with Gasteiger partial charge in [0.25, 0.3) is 11.8 Å². The average Bonchev–Trinajstić information content (AvgIpc) is 3.18. The molecule has 0 aliphatic carbocycles. The van der Waals surface area contributed by atoms with E-state index >= 15 is 0 Å². The molecule has 1 aliphatic heterocycles. The Hall–Kier alpha value is -4.63. The molecule has 9 nitrogen and oxygen atoms in total. The lowest BCUT2D eigenvalue weighted by molar-refractivity contribution is -0.118. The predicted octanol–water partition coefficient (Wildman–Crippen LogP) is 5.26. The molecule has 1 aliphatic rings. The monoisotopic (exact) mass is 533 g/mol. The van der Waals surface area contributed by atoms with Crippen molar-refractivity contribution in [2.45, 2.75) is 13.8 Å². The van der Waals surface area contributed by atoms with Crippen molar-refractivity contribution >= 4 is 52.5 Å². The van der Waals surface area contributed by atoms with Gasteiger partial charge in [0.05, 0.1) is 39.9 Å². The molecule has 0 fully saturated rings. The topological polar surface area (TPSA) is 118 Å². The Balaban J connectivity index is 1.50. The Bertz CT molecular complexity index is 1470. The zero-order valence-electron chi connectivity index (χ0n) is 20.6. The summed E-state index contributed by atoms with van der Waals surface area (Å²) in [5, 5.41) is 17.9. The van der Waals surface area contributed by atoms with E-state index in [2.05, 4.69) is 10.4 Å². The number of rotatable bonds is 9. The maximum atomic E-state index is 13.1. The molecular formula is C28H24ClN3O6. The van der Waals surface area contributed by atoms with Crippen LogP contribution in [0.5, 0.6) is 11.5 Å². The quantitative estimate of drug-likeness (QED) is 0.362. The summed E-state index contributed by atoms with van der Waals surface area (Å²) in [6.07, 6.45) is 1.67. The summed E-state index contributed by atoms with van der Waals surface area (Å²) < 4.78 is 11.4. The molecule has 2 N–H and O–H groups in total. The predicted molar refractivity (Wildman–Crippen MR) is 145 cm³/mol. The summed E-state index contributed by atoms with van der Waals surface area (Å²) in [5.74, 6) is -1.11. The number of para-hydroxylation sites is 1. The second-order valence-corrected chi connectivity index (χ2v) is 8.58. The molecule has 0 radical (unpaired) electrons. The zero-order chi connectivity index (χ0) is 27.2. The molecule has 0 bridgehead atoms. The van der Waals surface area contributed by atoms with Gasteiger partial charge in [-0.15, -0.1) is 0 Å². The Morgan fingerprint density at radius 3 is 2.58 bits per heavy atom. The number of halogens is 1. The fourth-order valence-corrected chi connectivity index (χ4v) is 3.87. The van der Waals surface area contributed by atoms with Crippen LogP contribution in [0.1, 0.15) is 29.8 Å². The molecule has 38 heavy (non-hydrogen) atoms. The third kappa shape index (κ3) is 6.01. The van der Waals surface area contributed by atoms with E-state index in [4.69, 9.17) is 21.1 Å². The van der Waals surface area contributed by atoms with Gasteiger partial charge < -0.3 is 19.9 Å². The van der Waals surface area contributed by atoms with E-state index in [1.54, 1.807) is 67.6 Å². The number of hydrogen-bond donors (Lipinski definition) is 2. The van der Waals surface area contributed by atoms with Crippen molar-refractivity contribution in [2.24, 2.45) is 5.10 Å². The lowest BCUT2D eigenvalue weighted by Gasteiger charge is -2.14. The van der Waals surface area contributed by atoms with Gasteiger partial charge in [0.1, 0.15) is 0 Å². The van der Waals surface area contributed by atoms with Crippen molar-refractivity contribution in [3.05, 3.63) is 88.5 Å². The number of carbonyl (C=O) groups excluding carboxylic acids is 2. The molecule has 0 saturated carbocycles. The fourth-order valence-electron chi connectivity index (χ4n) is 3.69. The number of anilines is 2. The van der Waals surface area contributed by atoms with Crippen molar-refractivity contribution in [2.75, 3.05) is 23.5 Å². The number of nitrogens with zero attached hydrogens (tertiary/aromatic N) is 2. The Labute approximate surface area is 223 Å². The van der Waals surface area contributed by atoms with E-state index in [9.17, 15) is 19.5 Å². The van der Waals surface area contributed by atoms with Gasteiger partial charge in [0, 0.05) is 0 Å². The number of carboxylic acids is 1. The second-order valence-electron chi connectivity index (χ2n) is 8.17. The molecule has 0 saturated heterocycles. The van der Waals surface area contributed by atoms with Crippen LogP contribution in [-0.2, 0) is 9.59 Å². The van der Waals surface area contributed by atoms with Gasteiger partial charge in [-0.2, -0.15) is 10.1 Å². The molecule has 0 unspecified atom stereocenters. The molecule has 0 atom stereocenters. The van der Waals surface area contributed by atoms with E-state index in [1.807, 2.05) is 6.92 Å². The summed E-state index contributed by atoms with van der Waals surface area (Å²) in [7, 11) is 0. The molecule has 3 aromatic carbocycles. The number of amides is 2. The smallest absolute Gasteiger partial charge is 0.335 e. The van der Waals surface area contributed by atoms with Gasteiger partial charge in [0.15, 0.2) is 18.1 Å². The van der Waals surface area contributed by atoms with Gasteiger partial charge in [-0.3, -0.25) is 9.59 Å². The standard InChI is InChI=1S/C28H24ClN3O6/c1-3-37-25-14-18(11-12-24(25)38-16-26(33)30-23-10-5-4-9-22(23)29)13-21-17(2)31-32(27(21)34)20-8-6-7-19(15-20)28(35)36/h4-15H,3,16H2,1-2H3,(H,30,33)(H,35,36). The van der Waals surface area contributed by atoms with E-state index in [0.29, 0.717) is 51.4 Å². The number of nitrogens with one attached hydrogen (secondary N) is 1. The molecule has 194 valence electrons. The highest BCUT2D eigenvalue weighted by atomic mass is 35.5. The van der Waals surface area contributed by atoms with Crippen LogP contribution < -0.4 is 19.8 Å². The molecule has 10 heteroatoms. The number of carboxylic acid groups (broad SMARTS) is 1. The number of hydrogen-bond acceptors (Lipinski definition) is 6. The molecule has 0 aromatic heterocycles. The van der Waals surface area contributed by atoms with Crippen LogP contribution >= 0.6 is 11.6 Å². The van der Waals surface area contributed by atoms with E-state index in [1.165, 1.54) is 17.1 Å². The summed E-state index contributed by atoms with van der Waals surface area (Å²) in [5.41, 5.74) is 2.37. The number of ether oxygens (including phenoxy) is 2. The molecule has 1 heterocycles. The van der Waals surface area contributed by atoms with E-state index in [-0.39, 0.29) is 24.0 Å². The van der Waals surface area contributed by atoms with Crippen LogP contribution in [0.4, 0.5) is 11.4 Å². The molecular weight excluding hydrogens is 510 g/mol. The first kappa shape index (κ1) is 26.4. The minimum Gasteiger partial charge on any atom is -0.490 e. The Morgan fingerprint density at radius 1 is 1.05 bits per heavy atom. The highest BCUT2D eigenvalue weighted by Gasteiger charge is 2.29. The largest absolute Gasteiger partial charge is 0.490 e. The number of aromatic carboxylic acids is 1. The minimum atomic E-state index is -1.10. The zero-order valence-corrected chi connectivity index (χ0v) is 21.4. The Morgan fingerprint density at radius 2 is 1.84 bits per heavy atom. The maximum absolute atomic E-state index is 13.1. The van der Waals surface area contributed by atoms with Gasteiger partial charge in [-0.05, 0) is 68.0 Å². The first-order valence-electron chi connectivity index (χ1n) is 11.7. The number of carbonyl (C=O) groups is 3. The van der Waals surface area contributed by atoms with Crippen molar-refractivity contribution in [3.8, 4) is 11.5 Å². The van der Waals surface area contributed by atoms with E-state index < -0.39 is 5.97 Å². The van der Waals surface area contributed by atoms with E-state index in [0.717, 1.165) is 0 Å². The van der Waals surface area contributed by atoms with Crippen molar-refractivity contribution < 1.29 is 29.0 Å². The van der Waals surface area contributed by atoms with Crippen LogP contribution in [-0.4, -0.2) is 41.8 Å². The lowest BCUT2D eigenvalue weighted by atomic mass is 10.1. The normalized spacial score (nSPS) is 13.9. The van der Waals surface area contributed by atoms with Crippen molar-refractivity contribution in [3.63, 3.8) is 0 Å². The van der Waals surface area contributed by atoms with Gasteiger partial charge in [0.2, 0.25) is 0 Å². The third-order valence-corrected chi connectivity index (χ3v) is 5.82. The summed E-state index contributed by atoms with van der Waals surface area (Å²) >= 11 is 6.08. The molecule has 0 spiro atoms. The fraction of sp³-hybridized carbons (Fsp3) is 0.143. The third-order valence-electron chi connectivity index (χ3n) is 5.49. The summed E-state index contributed by atoms with van der Waals surface area (Å²) in [4.78, 5) is 36.8.